The summed E-state index contributed by atoms with van der Waals surface area (Å²) in [6.45, 7) is 2.97. The van der Waals surface area contributed by atoms with E-state index in [4.69, 9.17) is 0 Å². The van der Waals surface area contributed by atoms with Gasteiger partial charge in [-0.3, -0.25) is 14.9 Å². The number of nitro groups is 1. The van der Waals surface area contributed by atoms with Gasteiger partial charge in [0.2, 0.25) is 5.82 Å². The molecule has 1 aromatic rings. The summed E-state index contributed by atoms with van der Waals surface area (Å²) in [5, 5.41) is 13.0. The van der Waals surface area contributed by atoms with Gasteiger partial charge >= 0.3 is 11.7 Å². The van der Waals surface area contributed by atoms with E-state index in [1.165, 1.54) is 0 Å². The number of carbonyl (C=O) groups is 2. The number of hydrogen-bond donors (Lipinski definition) is 1. The van der Waals surface area contributed by atoms with E-state index >= 15 is 0 Å². The molecule has 7 nitrogen and oxygen atoms in total. The smallest absolute Gasteiger partial charge is 0.338 e. The van der Waals surface area contributed by atoms with Crippen LogP contribution in [0.3, 0.4) is 0 Å². The third-order valence-electron chi connectivity index (χ3n) is 2.16. The van der Waals surface area contributed by atoms with Crippen LogP contribution in [-0.2, 0) is 9.53 Å². The topological polar surface area (TPSA) is 98.5 Å². The fraction of sp³-hybridized carbons (Fsp3) is 0.333. The maximum Gasteiger partial charge on any atom is 0.338 e. The lowest BCUT2D eigenvalue weighted by atomic mass is 10.2. The monoisotopic (exact) mass is 284 g/mol. The number of carbonyl (C=O) groups excluding carboxylic acids is 2. The highest BCUT2D eigenvalue weighted by Gasteiger charge is 2.18. The maximum atomic E-state index is 13.1. The highest BCUT2D eigenvalue weighted by Crippen LogP contribution is 2.18. The molecule has 0 bridgehead atoms. The lowest BCUT2D eigenvalue weighted by molar-refractivity contribution is -0.387. The van der Waals surface area contributed by atoms with Gasteiger partial charge in [0.15, 0.2) is 6.61 Å². The van der Waals surface area contributed by atoms with Crippen molar-refractivity contribution in [3.8, 4) is 0 Å². The first-order valence-corrected chi connectivity index (χ1v) is 5.71. The van der Waals surface area contributed by atoms with Crippen LogP contribution in [0.2, 0.25) is 0 Å². The van der Waals surface area contributed by atoms with E-state index in [1.807, 2.05) is 0 Å². The number of rotatable bonds is 5. The van der Waals surface area contributed by atoms with Gasteiger partial charge in [0.1, 0.15) is 0 Å². The van der Waals surface area contributed by atoms with Crippen LogP contribution in [0, 0.1) is 15.9 Å². The molecule has 0 unspecified atom stereocenters. The molecule has 8 heteroatoms. The van der Waals surface area contributed by atoms with Gasteiger partial charge in [-0.2, -0.15) is 4.39 Å². The molecule has 1 rings (SSSR count). The Morgan fingerprint density at radius 2 is 2.10 bits per heavy atom. The zero-order valence-corrected chi connectivity index (χ0v) is 10.9. The Bertz CT molecular complexity index is 545. The molecule has 1 aromatic carbocycles. The Balaban J connectivity index is 2.71. The fourth-order valence-electron chi connectivity index (χ4n) is 1.36. The highest BCUT2D eigenvalue weighted by molar-refractivity contribution is 5.92. The second-order valence-corrected chi connectivity index (χ2v) is 4.22. The Kier molecular flexibility index (Phi) is 5.13. The molecule has 0 radical (unpaired) electrons. The van der Waals surface area contributed by atoms with Crippen molar-refractivity contribution in [2.75, 3.05) is 6.61 Å². The largest absolute Gasteiger partial charge is 0.452 e. The Labute approximate surface area is 113 Å². The summed E-state index contributed by atoms with van der Waals surface area (Å²) in [5.41, 5.74) is -1.03. The number of nitrogens with zero attached hydrogens (tertiary/aromatic N) is 1. The molecule has 0 fully saturated rings. The van der Waals surface area contributed by atoms with Crippen LogP contribution in [0.5, 0.6) is 0 Å². The first kappa shape index (κ1) is 15.5. The third kappa shape index (κ3) is 4.30. The zero-order chi connectivity index (χ0) is 15.3. The molecule has 0 spiro atoms. The number of esters is 1. The van der Waals surface area contributed by atoms with Gasteiger partial charge in [0.25, 0.3) is 5.91 Å². The molecule has 0 saturated heterocycles. The molecule has 0 atom stereocenters. The lowest BCUT2D eigenvalue weighted by Crippen LogP contribution is -2.33. The van der Waals surface area contributed by atoms with Gasteiger partial charge in [0, 0.05) is 12.1 Å². The van der Waals surface area contributed by atoms with Crippen molar-refractivity contribution in [3.05, 3.63) is 39.7 Å². The molecule has 1 amide bonds. The molecule has 0 aromatic heterocycles. The molecule has 0 aliphatic rings. The van der Waals surface area contributed by atoms with Crippen molar-refractivity contribution >= 4 is 17.6 Å². The minimum absolute atomic E-state index is 0.104. The van der Waals surface area contributed by atoms with Crippen molar-refractivity contribution < 1.29 is 23.6 Å². The second-order valence-electron chi connectivity index (χ2n) is 4.22. The van der Waals surface area contributed by atoms with Gasteiger partial charge in [-0.1, -0.05) is 0 Å². The number of nitro benzene ring substituents is 1. The number of nitrogens with one attached hydrogen (secondary N) is 1. The highest BCUT2D eigenvalue weighted by atomic mass is 19.1. The molecule has 0 aliphatic carbocycles. The summed E-state index contributed by atoms with van der Waals surface area (Å²) in [6.07, 6.45) is 0. The number of amides is 1. The van der Waals surface area contributed by atoms with Crippen molar-refractivity contribution in [1.82, 2.24) is 5.32 Å². The number of halogens is 1. The summed E-state index contributed by atoms with van der Waals surface area (Å²) >= 11 is 0. The van der Waals surface area contributed by atoms with Crippen LogP contribution in [0.4, 0.5) is 10.1 Å². The standard InChI is InChI=1S/C12H13FN2O5/c1-7(2)14-11(16)6-20-12(17)8-3-4-9(13)10(5-8)15(18)19/h3-5,7H,6H2,1-2H3,(H,14,16). The molecular weight excluding hydrogens is 271 g/mol. The van der Waals surface area contributed by atoms with Crippen LogP contribution in [0.15, 0.2) is 18.2 Å². The molecule has 108 valence electrons. The molecule has 0 aliphatic heterocycles. The summed E-state index contributed by atoms with van der Waals surface area (Å²) in [6, 6.07) is 2.50. The molecule has 20 heavy (non-hydrogen) atoms. The average molecular weight is 284 g/mol. The summed E-state index contributed by atoms with van der Waals surface area (Å²) in [5.74, 6) is -2.49. The summed E-state index contributed by atoms with van der Waals surface area (Å²) in [7, 11) is 0. The normalized spacial score (nSPS) is 10.2. The van der Waals surface area contributed by atoms with Crippen molar-refractivity contribution in [2.45, 2.75) is 19.9 Å². The molecule has 0 heterocycles. The first-order valence-electron chi connectivity index (χ1n) is 5.71. The van der Waals surface area contributed by atoms with Gasteiger partial charge in [-0.05, 0) is 26.0 Å². The number of benzene rings is 1. The van der Waals surface area contributed by atoms with E-state index in [2.05, 4.69) is 10.1 Å². The quantitative estimate of drug-likeness (QED) is 0.501. The van der Waals surface area contributed by atoms with Gasteiger partial charge < -0.3 is 10.1 Å². The second kappa shape index (κ2) is 6.60. The summed E-state index contributed by atoms with van der Waals surface area (Å²) in [4.78, 5) is 32.4. The lowest BCUT2D eigenvalue weighted by Gasteiger charge is -2.08. The van der Waals surface area contributed by atoms with E-state index < -0.39 is 34.9 Å². The minimum Gasteiger partial charge on any atom is -0.452 e. The van der Waals surface area contributed by atoms with Gasteiger partial charge in [-0.25, -0.2) is 4.79 Å². The van der Waals surface area contributed by atoms with E-state index in [0.717, 1.165) is 18.2 Å². The SMILES string of the molecule is CC(C)NC(=O)COC(=O)c1ccc(F)c([N+](=O)[O-])c1. The van der Waals surface area contributed by atoms with E-state index in [0.29, 0.717) is 0 Å². The molecule has 1 N–H and O–H groups in total. The van der Waals surface area contributed by atoms with Crippen molar-refractivity contribution in [2.24, 2.45) is 0 Å². The van der Waals surface area contributed by atoms with Crippen molar-refractivity contribution in [1.29, 1.82) is 0 Å². The Hall–Kier alpha value is -2.51. The Morgan fingerprint density at radius 3 is 2.65 bits per heavy atom. The fourth-order valence-corrected chi connectivity index (χ4v) is 1.36. The van der Waals surface area contributed by atoms with Crippen molar-refractivity contribution in [3.63, 3.8) is 0 Å². The number of hydrogen-bond acceptors (Lipinski definition) is 5. The minimum atomic E-state index is -1.05. The Morgan fingerprint density at radius 1 is 1.45 bits per heavy atom. The number of ether oxygens (including phenoxy) is 1. The summed E-state index contributed by atoms with van der Waals surface area (Å²) < 4.78 is 17.8. The predicted octanol–water partition coefficient (Wildman–Crippen LogP) is 1.42. The van der Waals surface area contributed by atoms with Crippen LogP contribution >= 0.6 is 0 Å². The van der Waals surface area contributed by atoms with Crippen LogP contribution in [0.1, 0.15) is 24.2 Å². The van der Waals surface area contributed by atoms with E-state index in [9.17, 15) is 24.1 Å². The van der Waals surface area contributed by atoms with E-state index in [-0.39, 0.29) is 11.6 Å². The predicted molar refractivity (Wildman–Crippen MR) is 66.6 cm³/mol. The maximum absolute atomic E-state index is 13.1. The van der Waals surface area contributed by atoms with Gasteiger partial charge in [0.05, 0.1) is 10.5 Å². The molecular formula is C12H13FN2O5. The zero-order valence-electron chi connectivity index (χ0n) is 10.9. The molecule has 0 saturated carbocycles. The van der Waals surface area contributed by atoms with Crippen LogP contribution in [-0.4, -0.2) is 29.4 Å². The van der Waals surface area contributed by atoms with Crippen LogP contribution < -0.4 is 5.32 Å². The van der Waals surface area contributed by atoms with Crippen LogP contribution in [0.25, 0.3) is 0 Å². The van der Waals surface area contributed by atoms with E-state index in [1.54, 1.807) is 13.8 Å². The third-order valence-corrected chi connectivity index (χ3v) is 2.16. The average Bonchev–Trinajstić information content (AvgIpc) is 2.35. The first-order chi connectivity index (χ1) is 9.31. The van der Waals surface area contributed by atoms with Gasteiger partial charge in [-0.15, -0.1) is 0 Å².